The van der Waals surface area contributed by atoms with Crippen molar-refractivity contribution in [3.05, 3.63) is 29.0 Å². The van der Waals surface area contributed by atoms with E-state index in [2.05, 4.69) is 5.32 Å². The van der Waals surface area contributed by atoms with Crippen LogP contribution in [0.5, 0.6) is 0 Å². The Balaban J connectivity index is 2.63. The van der Waals surface area contributed by atoms with Crippen LogP contribution in [0.4, 0.5) is 10.1 Å². The van der Waals surface area contributed by atoms with Gasteiger partial charge >= 0.3 is 0 Å². The van der Waals surface area contributed by atoms with Gasteiger partial charge in [0.2, 0.25) is 0 Å². The number of hydrogen-bond donors (Lipinski definition) is 2. The zero-order chi connectivity index (χ0) is 10.6. The highest BCUT2D eigenvalue weighted by Crippen LogP contribution is 2.24. The third-order valence-corrected chi connectivity index (χ3v) is 2.40. The molecule has 2 N–H and O–H groups in total. The Morgan fingerprint density at radius 2 is 2.21 bits per heavy atom. The van der Waals surface area contributed by atoms with Gasteiger partial charge in [-0.15, -0.1) is 11.6 Å². The maximum atomic E-state index is 12.9. The highest BCUT2D eigenvalue weighted by atomic mass is 35.5. The van der Waals surface area contributed by atoms with E-state index in [1.165, 1.54) is 12.1 Å². The first kappa shape index (κ1) is 11.6. The number of benzene rings is 1. The minimum atomic E-state index is -0.670. The summed E-state index contributed by atoms with van der Waals surface area (Å²) in [5.74, 6) is -0.364. The van der Waals surface area contributed by atoms with Gasteiger partial charge in [-0.1, -0.05) is 17.7 Å². The summed E-state index contributed by atoms with van der Waals surface area (Å²) in [6, 6.07) is 4.44. The van der Waals surface area contributed by atoms with Crippen LogP contribution in [0.3, 0.4) is 0 Å². The molecule has 0 aliphatic carbocycles. The lowest BCUT2D eigenvalue weighted by molar-refractivity contribution is 0.211. The first-order chi connectivity index (χ1) is 6.65. The lowest BCUT2D eigenvalue weighted by Gasteiger charge is -2.11. The van der Waals surface area contributed by atoms with Gasteiger partial charge in [0.05, 0.1) is 22.7 Å². The smallest absolute Gasteiger partial charge is 0.143 e. The van der Waals surface area contributed by atoms with Crippen LogP contribution >= 0.6 is 23.2 Å². The summed E-state index contributed by atoms with van der Waals surface area (Å²) in [4.78, 5) is 0. The van der Waals surface area contributed by atoms with Gasteiger partial charge in [0, 0.05) is 6.54 Å². The van der Waals surface area contributed by atoms with Crippen LogP contribution in [-0.4, -0.2) is 23.6 Å². The molecule has 1 atom stereocenters. The summed E-state index contributed by atoms with van der Waals surface area (Å²) in [5.41, 5.74) is 0.454. The van der Waals surface area contributed by atoms with Gasteiger partial charge in [-0.3, -0.25) is 0 Å². The molecule has 0 aromatic heterocycles. The van der Waals surface area contributed by atoms with E-state index in [0.717, 1.165) is 0 Å². The molecule has 14 heavy (non-hydrogen) atoms. The summed E-state index contributed by atoms with van der Waals surface area (Å²) in [6.45, 7) is 0.243. The molecule has 0 aliphatic rings. The quantitative estimate of drug-likeness (QED) is 0.790. The number of nitrogens with one attached hydrogen (secondary N) is 1. The molecule has 0 radical (unpaired) electrons. The second-order valence-electron chi connectivity index (χ2n) is 2.79. The Morgan fingerprint density at radius 3 is 2.86 bits per heavy atom. The average Bonchev–Trinajstić information content (AvgIpc) is 2.20. The number of halogens is 3. The van der Waals surface area contributed by atoms with E-state index in [-0.39, 0.29) is 17.4 Å². The summed E-state index contributed by atoms with van der Waals surface area (Å²) >= 11 is 11.1. The molecule has 5 heteroatoms. The maximum absolute atomic E-state index is 12.9. The molecule has 0 saturated carbocycles. The van der Waals surface area contributed by atoms with Gasteiger partial charge < -0.3 is 10.4 Å². The molecule has 0 heterocycles. The fraction of sp³-hybridized carbons (Fsp3) is 0.333. The Labute approximate surface area is 91.6 Å². The van der Waals surface area contributed by atoms with E-state index in [0.29, 0.717) is 5.69 Å². The van der Waals surface area contributed by atoms with Gasteiger partial charge in [-0.05, 0) is 12.1 Å². The van der Waals surface area contributed by atoms with Crippen LogP contribution in [0.15, 0.2) is 18.2 Å². The van der Waals surface area contributed by atoms with Crippen molar-refractivity contribution in [2.75, 3.05) is 17.7 Å². The van der Waals surface area contributed by atoms with E-state index < -0.39 is 11.9 Å². The monoisotopic (exact) mass is 237 g/mol. The number of rotatable bonds is 4. The Kier molecular flexibility index (Phi) is 4.45. The molecule has 1 aromatic carbocycles. The second-order valence-corrected chi connectivity index (χ2v) is 3.48. The van der Waals surface area contributed by atoms with Crippen molar-refractivity contribution in [3.63, 3.8) is 0 Å². The Morgan fingerprint density at radius 1 is 1.50 bits per heavy atom. The lowest BCUT2D eigenvalue weighted by atomic mass is 10.3. The molecule has 0 aliphatic heterocycles. The van der Waals surface area contributed by atoms with Crippen LogP contribution in [-0.2, 0) is 0 Å². The molecule has 1 unspecified atom stereocenters. The second kappa shape index (κ2) is 5.39. The largest absolute Gasteiger partial charge is 0.390 e. The van der Waals surface area contributed by atoms with Gasteiger partial charge in [0.1, 0.15) is 5.82 Å². The predicted molar refractivity (Wildman–Crippen MR) is 56.6 cm³/mol. The number of anilines is 1. The molecule has 0 amide bonds. The predicted octanol–water partition coefficient (Wildman–Crippen LogP) is 2.49. The molecule has 0 spiro atoms. The van der Waals surface area contributed by atoms with Crippen molar-refractivity contribution >= 4 is 28.9 Å². The zero-order valence-corrected chi connectivity index (χ0v) is 8.82. The number of aliphatic hydroxyl groups excluding tert-OH is 1. The van der Waals surface area contributed by atoms with Crippen molar-refractivity contribution in [1.29, 1.82) is 0 Å². The van der Waals surface area contributed by atoms with E-state index >= 15 is 0 Å². The molecule has 1 aromatic rings. The van der Waals surface area contributed by atoms with E-state index in [1.807, 2.05) is 0 Å². The minimum Gasteiger partial charge on any atom is -0.390 e. The fourth-order valence-corrected chi connectivity index (χ4v) is 1.22. The first-order valence-corrected chi connectivity index (χ1v) is 4.98. The number of alkyl halides is 1. The minimum absolute atomic E-state index is 0.0225. The standard InChI is InChI=1S/C9H10Cl2FNO/c10-4-6(14)5-13-8-3-1-2-7(12)9(8)11/h1-3,6,13-14H,4-5H2. The molecule has 2 nitrogen and oxygen atoms in total. The molecule has 0 bridgehead atoms. The fourth-order valence-electron chi connectivity index (χ4n) is 0.923. The van der Waals surface area contributed by atoms with E-state index in [4.69, 9.17) is 28.3 Å². The Hall–Kier alpha value is -0.510. The summed E-state index contributed by atoms with van der Waals surface area (Å²) < 4.78 is 12.9. The number of aliphatic hydroxyl groups is 1. The third-order valence-electron chi connectivity index (χ3n) is 1.66. The van der Waals surface area contributed by atoms with Crippen LogP contribution < -0.4 is 5.32 Å². The summed E-state index contributed by atoms with van der Waals surface area (Å²) in [7, 11) is 0. The molecular weight excluding hydrogens is 228 g/mol. The Bertz CT molecular complexity index is 309. The van der Waals surface area contributed by atoms with Gasteiger partial charge in [0.15, 0.2) is 0 Å². The molecule has 0 fully saturated rings. The van der Waals surface area contributed by atoms with Crippen LogP contribution in [0.25, 0.3) is 0 Å². The van der Waals surface area contributed by atoms with Crippen LogP contribution in [0.2, 0.25) is 5.02 Å². The van der Waals surface area contributed by atoms with E-state index in [1.54, 1.807) is 6.07 Å². The SMILES string of the molecule is OC(CCl)CNc1cccc(F)c1Cl. The summed E-state index contributed by atoms with van der Waals surface area (Å²) in [6.07, 6.45) is -0.670. The third kappa shape index (κ3) is 3.01. The van der Waals surface area contributed by atoms with Crippen LogP contribution in [0, 0.1) is 5.82 Å². The molecular formula is C9H10Cl2FNO. The topological polar surface area (TPSA) is 32.3 Å². The first-order valence-electron chi connectivity index (χ1n) is 4.07. The molecule has 1 rings (SSSR count). The van der Waals surface area contributed by atoms with Crippen molar-refractivity contribution in [2.45, 2.75) is 6.10 Å². The normalized spacial score (nSPS) is 12.6. The van der Waals surface area contributed by atoms with Gasteiger partial charge in [-0.2, -0.15) is 0 Å². The van der Waals surface area contributed by atoms with Crippen molar-refractivity contribution in [3.8, 4) is 0 Å². The van der Waals surface area contributed by atoms with Gasteiger partial charge in [0.25, 0.3) is 0 Å². The lowest BCUT2D eigenvalue weighted by Crippen LogP contribution is -2.20. The highest BCUT2D eigenvalue weighted by molar-refractivity contribution is 6.33. The summed E-state index contributed by atoms with van der Waals surface area (Å²) in [5, 5.41) is 12.0. The maximum Gasteiger partial charge on any atom is 0.143 e. The molecule has 0 saturated heterocycles. The van der Waals surface area contributed by atoms with Crippen molar-refractivity contribution in [2.24, 2.45) is 0 Å². The van der Waals surface area contributed by atoms with Crippen LogP contribution in [0.1, 0.15) is 0 Å². The van der Waals surface area contributed by atoms with Crippen molar-refractivity contribution in [1.82, 2.24) is 0 Å². The van der Waals surface area contributed by atoms with Crippen molar-refractivity contribution < 1.29 is 9.50 Å². The average molecular weight is 238 g/mol. The number of hydrogen-bond acceptors (Lipinski definition) is 2. The molecule has 78 valence electrons. The highest BCUT2D eigenvalue weighted by Gasteiger charge is 2.06. The zero-order valence-electron chi connectivity index (χ0n) is 7.30. The van der Waals surface area contributed by atoms with E-state index in [9.17, 15) is 4.39 Å². The van der Waals surface area contributed by atoms with Gasteiger partial charge in [-0.25, -0.2) is 4.39 Å².